The largest absolute Gasteiger partial charge is 0.493 e. The van der Waals surface area contributed by atoms with E-state index in [4.69, 9.17) is 18.9 Å². The lowest BCUT2D eigenvalue weighted by atomic mass is 10.1. The Morgan fingerprint density at radius 2 is 1.87 bits per heavy atom. The van der Waals surface area contributed by atoms with Crippen molar-refractivity contribution in [1.82, 2.24) is 5.32 Å². The van der Waals surface area contributed by atoms with Gasteiger partial charge in [0.1, 0.15) is 0 Å². The highest BCUT2D eigenvalue weighted by Gasteiger charge is 2.19. The van der Waals surface area contributed by atoms with Crippen LogP contribution in [0.5, 0.6) is 23.0 Å². The number of methoxy groups -OCH3 is 1. The summed E-state index contributed by atoms with van der Waals surface area (Å²) in [4.78, 5) is 24.3. The van der Waals surface area contributed by atoms with Crippen LogP contribution in [0.1, 0.15) is 28.9 Å². The van der Waals surface area contributed by atoms with Gasteiger partial charge in [0.25, 0.3) is 5.91 Å². The van der Waals surface area contributed by atoms with E-state index in [1.807, 2.05) is 0 Å². The zero-order valence-corrected chi connectivity index (χ0v) is 16.1. The molecule has 0 bridgehead atoms. The number of hydrogen-bond donors (Lipinski definition) is 1. The van der Waals surface area contributed by atoms with Gasteiger partial charge in [-0.3, -0.25) is 4.79 Å². The predicted octanol–water partition coefficient (Wildman–Crippen LogP) is 3.06. The molecule has 0 saturated heterocycles. The van der Waals surface area contributed by atoms with Crippen LogP contribution in [0.4, 0.5) is 8.78 Å². The molecule has 0 radical (unpaired) electrons. The Kier molecular flexibility index (Phi) is 6.55. The molecule has 8 nitrogen and oxygen atoms in total. The average molecular weight is 423 g/mol. The van der Waals surface area contributed by atoms with Gasteiger partial charge in [-0.2, -0.15) is 8.78 Å². The molecule has 0 spiro atoms. The summed E-state index contributed by atoms with van der Waals surface area (Å²) in [6.07, 6.45) is 0. The highest BCUT2D eigenvalue weighted by Crippen LogP contribution is 2.34. The second kappa shape index (κ2) is 9.29. The van der Waals surface area contributed by atoms with Crippen molar-refractivity contribution in [3.05, 3.63) is 47.5 Å². The van der Waals surface area contributed by atoms with Gasteiger partial charge in [0, 0.05) is 0 Å². The molecule has 2 aromatic carbocycles. The van der Waals surface area contributed by atoms with Crippen molar-refractivity contribution >= 4 is 11.9 Å². The maximum atomic E-state index is 12.4. The van der Waals surface area contributed by atoms with Crippen molar-refractivity contribution in [3.63, 3.8) is 0 Å². The van der Waals surface area contributed by atoms with E-state index in [-0.39, 0.29) is 29.9 Å². The summed E-state index contributed by atoms with van der Waals surface area (Å²) in [6, 6.07) is 8.51. The van der Waals surface area contributed by atoms with Gasteiger partial charge in [-0.25, -0.2) is 4.79 Å². The Bertz CT molecular complexity index is 935. The molecule has 1 aliphatic heterocycles. The number of carbonyl (C=O) groups is 2. The maximum Gasteiger partial charge on any atom is 0.387 e. The van der Waals surface area contributed by atoms with Crippen molar-refractivity contribution in [2.75, 3.05) is 20.5 Å². The Morgan fingerprint density at radius 1 is 1.10 bits per heavy atom. The Balaban J connectivity index is 1.54. The summed E-state index contributed by atoms with van der Waals surface area (Å²) in [5.74, 6) is -0.397. The third-order valence-electron chi connectivity index (χ3n) is 4.22. The minimum absolute atomic E-state index is 0.0186. The number of esters is 1. The van der Waals surface area contributed by atoms with Crippen LogP contribution in [0.15, 0.2) is 36.4 Å². The van der Waals surface area contributed by atoms with Crippen LogP contribution in [-0.2, 0) is 9.53 Å². The summed E-state index contributed by atoms with van der Waals surface area (Å²) < 4.78 is 49.5. The molecule has 1 heterocycles. The molecule has 3 rings (SSSR count). The molecule has 0 aliphatic carbocycles. The molecule has 30 heavy (non-hydrogen) atoms. The fourth-order valence-electron chi connectivity index (χ4n) is 2.75. The van der Waals surface area contributed by atoms with Crippen LogP contribution < -0.4 is 24.3 Å². The van der Waals surface area contributed by atoms with Gasteiger partial charge >= 0.3 is 12.6 Å². The Morgan fingerprint density at radius 3 is 2.60 bits per heavy atom. The molecular weight excluding hydrogens is 404 g/mol. The molecular formula is C20H19F2NO7. The van der Waals surface area contributed by atoms with E-state index in [0.29, 0.717) is 11.5 Å². The van der Waals surface area contributed by atoms with E-state index < -0.39 is 25.1 Å². The molecule has 2 aromatic rings. The number of fused-ring (bicyclic) bond motifs is 1. The molecule has 1 amide bonds. The summed E-state index contributed by atoms with van der Waals surface area (Å²) in [6.45, 7) is -1.64. The maximum absolute atomic E-state index is 12.4. The standard InChI is InChI=1S/C20H19F2NO7/c1-11(12-3-5-14-17(7-12)29-10-28-14)23-18(24)9-27-19(25)13-4-6-15(30-20(21)22)16(8-13)26-2/h3-8,11,20H,9-10H2,1-2H3,(H,23,24). The van der Waals surface area contributed by atoms with Gasteiger partial charge in [-0.15, -0.1) is 0 Å². The van der Waals surface area contributed by atoms with Gasteiger partial charge in [0.2, 0.25) is 6.79 Å². The number of nitrogens with one attached hydrogen (secondary N) is 1. The topological polar surface area (TPSA) is 92.3 Å². The number of rotatable bonds is 8. The fraction of sp³-hybridized carbons (Fsp3) is 0.300. The second-order valence-corrected chi connectivity index (χ2v) is 6.22. The number of halogens is 2. The lowest BCUT2D eigenvalue weighted by Crippen LogP contribution is -2.31. The van der Waals surface area contributed by atoms with Crippen molar-refractivity contribution in [2.45, 2.75) is 19.6 Å². The lowest BCUT2D eigenvalue weighted by molar-refractivity contribution is -0.124. The van der Waals surface area contributed by atoms with Gasteiger partial charge in [-0.1, -0.05) is 6.07 Å². The SMILES string of the molecule is COc1cc(C(=O)OCC(=O)NC(C)c2ccc3c(c2)OCO3)ccc1OC(F)F. The molecule has 0 fully saturated rings. The molecule has 160 valence electrons. The second-order valence-electron chi connectivity index (χ2n) is 6.22. The first-order valence-corrected chi connectivity index (χ1v) is 8.86. The van der Waals surface area contributed by atoms with Crippen LogP contribution in [0.3, 0.4) is 0 Å². The minimum Gasteiger partial charge on any atom is -0.493 e. The molecule has 1 unspecified atom stereocenters. The molecule has 0 aromatic heterocycles. The monoisotopic (exact) mass is 423 g/mol. The van der Waals surface area contributed by atoms with E-state index in [1.165, 1.54) is 19.2 Å². The van der Waals surface area contributed by atoms with Crippen LogP contribution in [0.25, 0.3) is 0 Å². The zero-order valence-electron chi connectivity index (χ0n) is 16.1. The number of benzene rings is 2. The highest BCUT2D eigenvalue weighted by molar-refractivity contribution is 5.92. The fourth-order valence-corrected chi connectivity index (χ4v) is 2.75. The van der Waals surface area contributed by atoms with Crippen molar-refractivity contribution in [2.24, 2.45) is 0 Å². The molecule has 1 atom stereocenters. The van der Waals surface area contributed by atoms with E-state index in [9.17, 15) is 18.4 Å². The number of alkyl halides is 2. The molecule has 0 saturated carbocycles. The van der Waals surface area contributed by atoms with Gasteiger partial charge in [0.15, 0.2) is 29.6 Å². The quantitative estimate of drug-likeness (QED) is 0.653. The highest BCUT2D eigenvalue weighted by atomic mass is 19.3. The van der Waals surface area contributed by atoms with Crippen molar-refractivity contribution < 1.29 is 42.1 Å². The van der Waals surface area contributed by atoms with E-state index in [0.717, 1.165) is 11.6 Å². The first-order chi connectivity index (χ1) is 14.4. The third kappa shape index (κ3) is 5.07. The number of carbonyl (C=O) groups excluding carboxylic acids is 2. The van der Waals surface area contributed by atoms with Crippen LogP contribution in [0.2, 0.25) is 0 Å². The first kappa shape index (κ1) is 21.2. The van der Waals surface area contributed by atoms with E-state index in [1.54, 1.807) is 25.1 Å². The number of hydrogen-bond acceptors (Lipinski definition) is 7. The Hall–Kier alpha value is -3.56. The smallest absolute Gasteiger partial charge is 0.387 e. The minimum atomic E-state index is -3.04. The van der Waals surface area contributed by atoms with Gasteiger partial charge in [-0.05, 0) is 42.8 Å². The van der Waals surface area contributed by atoms with Crippen LogP contribution >= 0.6 is 0 Å². The van der Waals surface area contributed by atoms with Crippen molar-refractivity contribution in [1.29, 1.82) is 0 Å². The van der Waals surface area contributed by atoms with E-state index in [2.05, 4.69) is 10.1 Å². The zero-order chi connectivity index (χ0) is 21.7. The number of amides is 1. The summed E-state index contributed by atoms with van der Waals surface area (Å²) in [5, 5.41) is 2.71. The van der Waals surface area contributed by atoms with Crippen LogP contribution in [-0.4, -0.2) is 39.0 Å². The van der Waals surface area contributed by atoms with E-state index >= 15 is 0 Å². The third-order valence-corrected chi connectivity index (χ3v) is 4.22. The lowest BCUT2D eigenvalue weighted by Gasteiger charge is -2.15. The van der Waals surface area contributed by atoms with Gasteiger partial charge in [0.05, 0.1) is 18.7 Å². The molecule has 1 aliphatic rings. The normalized spacial score (nSPS) is 13.0. The average Bonchev–Trinajstić information content (AvgIpc) is 3.19. The predicted molar refractivity (Wildman–Crippen MR) is 99.0 cm³/mol. The summed E-state index contributed by atoms with van der Waals surface area (Å²) in [7, 11) is 1.24. The summed E-state index contributed by atoms with van der Waals surface area (Å²) >= 11 is 0. The molecule has 1 N–H and O–H groups in total. The first-order valence-electron chi connectivity index (χ1n) is 8.86. The number of ether oxygens (including phenoxy) is 5. The Labute approximate surface area is 170 Å². The molecule has 10 heteroatoms. The van der Waals surface area contributed by atoms with Crippen molar-refractivity contribution in [3.8, 4) is 23.0 Å². The summed E-state index contributed by atoms with van der Waals surface area (Å²) in [5.41, 5.74) is 0.809. The van der Waals surface area contributed by atoms with Gasteiger partial charge < -0.3 is 29.0 Å². The van der Waals surface area contributed by atoms with Crippen LogP contribution in [0, 0.1) is 0 Å².